The number of guanidine groups is 1. The summed E-state index contributed by atoms with van der Waals surface area (Å²) in [5.74, 6) is 1.06. The molecule has 1 heterocycles. The fraction of sp³-hybridized carbons (Fsp3) is 0.667. The third kappa shape index (κ3) is 6.32. The Morgan fingerprint density at radius 1 is 1.30 bits per heavy atom. The van der Waals surface area contributed by atoms with E-state index >= 15 is 0 Å². The predicted octanol–water partition coefficient (Wildman–Crippen LogP) is 3.09. The highest BCUT2D eigenvalue weighted by molar-refractivity contribution is 14.0. The summed E-state index contributed by atoms with van der Waals surface area (Å²) >= 11 is 0. The van der Waals surface area contributed by atoms with E-state index in [-0.39, 0.29) is 29.4 Å². The molecule has 0 saturated carbocycles. The summed E-state index contributed by atoms with van der Waals surface area (Å²) in [6.07, 6.45) is 3.46. The summed E-state index contributed by atoms with van der Waals surface area (Å²) < 4.78 is 5.38. The number of fused-ring (bicyclic) bond motifs is 1. The Morgan fingerprint density at radius 3 is 2.81 bits per heavy atom. The van der Waals surface area contributed by atoms with Gasteiger partial charge < -0.3 is 15.8 Å². The molecule has 3 N–H and O–H groups in total. The van der Waals surface area contributed by atoms with Crippen LogP contribution in [0.1, 0.15) is 50.2 Å². The zero-order valence-electron chi connectivity index (χ0n) is 16.7. The SMILES string of the molecule is CC1(C)CCC(CN=C(N)NCCCN2CCOCC2)c2ccccc21.I. The zero-order chi connectivity index (χ0) is 18.4. The van der Waals surface area contributed by atoms with Gasteiger partial charge in [-0.25, -0.2) is 0 Å². The molecule has 0 aromatic heterocycles. The fourth-order valence-corrected chi connectivity index (χ4v) is 4.09. The highest BCUT2D eigenvalue weighted by Gasteiger charge is 2.31. The normalized spacial score (nSPS) is 22.6. The minimum absolute atomic E-state index is 0. The lowest BCUT2D eigenvalue weighted by Gasteiger charge is -2.36. The summed E-state index contributed by atoms with van der Waals surface area (Å²) in [6.45, 7) is 11.2. The average molecular weight is 486 g/mol. The monoisotopic (exact) mass is 486 g/mol. The van der Waals surface area contributed by atoms with Crippen LogP contribution in [0, 0.1) is 0 Å². The maximum atomic E-state index is 6.09. The minimum atomic E-state index is 0. The molecule has 0 radical (unpaired) electrons. The van der Waals surface area contributed by atoms with E-state index in [1.54, 1.807) is 0 Å². The van der Waals surface area contributed by atoms with Crippen molar-refractivity contribution in [2.45, 2.75) is 44.4 Å². The van der Waals surface area contributed by atoms with Crippen LogP contribution < -0.4 is 11.1 Å². The van der Waals surface area contributed by atoms with Gasteiger partial charge in [-0.05, 0) is 42.3 Å². The van der Waals surface area contributed by atoms with E-state index in [9.17, 15) is 0 Å². The van der Waals surface area contributed by atoms with Crippen molar-refractivity contribution in [2.75, 3.05) is 45.9 Å². The lowest BCUT2D eigenvalue weighted by molar-refractivity contribution is 0.0376. The van der Waals surface area contributed by atoms with Gasteiger partial charge in [0.1, 0.15) is 0 Å². The zero-order valence-corrected chi connectivity index (χ0v) is 19.1. The van der Waals surface area contributed by atoms with Gasteiger partial charge in [-0.15, -0.1) is 24.0 Å². The van der Waals surface area contributed by atoms with Crippen LogP contribution in [0.25, 0.3) is 0 Å². The van der Waals surface area contributed by atoms with Crippen LogP contribution >= 0.6 is 24.0 Å². The van der Waals surface area contributed by atoms with Crippen LogP contribution in [0.2, 0.25) is 0 Å². The Labute approximate surface area is 181 Å². The number of hydrogen-bond acceptors (Lipinski definition) is 3. The van der Waals surface area contributed by atoms with Crippen LogP contribution in [0.15, 0.2) is 29.3 Å². The molecule has 152 valence electrons. The van der Waals surface area contributed by atoms with E-state index in [2.05, 4.69) is 53.3 Å². The van der Waals surface area contributed by atoms with E-state index < -0.39 is 0 Å². The summed E-state index contributed by atoms with van der Waals surface area (Å²) in [7, 11) is 0. The Kier molecular flexibility index (Phi) is 8.82. The Balaban J connectivity index is 0.00000261. The van der Waals surface area contributed by atoms with Crippen LogP contribution in [0.4, 0.5) is 0 Å². The Morgan fingerprint density at radius 2 is 2.04 bits per heavy atom. The van der Waals surface area contributed by atoms with Gasteiger partial charge in [0.25, 0.3) is 0 Å². The highest BCUT2D eigenvalue weighted by atomic mass is 127. The van der Waals surface area contributed by atoms with E-state index in [0.717, 1.165) is 52.4 Å². The Bertz CT molecular complexity index is 614. The van der Waals surface area contributed by atoms with Gasteiger partial charge in [0.15, 0.2) is 5.96 Å². The van der Waals surface area contributed by atoms with Crippen LogP contribution in [-0.2, 0) is 10.2 Å². The van der Waals surface area contributed by atoms with Gasteiger partial charge in [0.2, 0.25) is 0 Å². The molecule has 1 fully saturated rings. The summed E-state index contributed by atoms with van der Waals surface area (Å²) in [4.78, 5) is 7.07. The second-order valence-corrected chi connectivity index (χ2v) is 8.17. The molecular weight excluding hydrogens is 451 g/mol. The van der Waals surface area contributed by atoms with E-state index in [4.69, 9.17) is 10.5 Å². The second-order valence-electron chi connectivity index (χ2n) is 8.17. The molecule has 0 spiro atoms. The van der Waals surface area contributed by atoms with Crippen LogP contribution in [-0.4, -0.2) is 56.8 Å². The van der Waals surface area contributed by atoms with Gasteiger partial charge in [0, 0.05) is 32.1 Å². The first kappa shape index (κ1) is 22.4. The number of rotatable bonds is 6. The van der Waals surface area contributed by atoms with Crippen LogP contribution in [0.5, 0.6) is 0 Å². The van der Waals surface area contributed by atoms with E-state index in [1.165, 1.54) is 24.0 Å². The van der Waals surface area contributed by atoms with Gasteiger partial charge >= 0.3 is 0 Å². The largest absolute Gasteiger partial charge is 0.379 e. The smallest absolute Gasteiger partial charge is 0.188 e. The fourth-order valence-electron chi connectivity index (χ4n) is 4.09. The lowest BCUT2D eigenvalue weighted by Crippen LogP contribution is -2.39. The predicted molar refractivity (Wildman–Crippen MR) is 123 cm³/mol. The Hall–Kier alpha value is -0.860. The van der Waals surface area contributed by atoms with Crippen molar-refractivity contribution in [1.82, 2.24) is 10.2 Å². The number of nitrogens with two attached hydrogens (primary N) is 1. The van der Waals surface area contributed by atoms with Gasteiger partial charge in [-0.2, -0.15) is 0 Å². The number of ether oxygens (including phenoxy) is 1. The molecule has 1 aliphatic carbocycles. The standard InChI is InChI=1S/C21H34N4O.HI/c1-21(2)9-8-17(18-6-3-4-7-19(18)21)16-24-20(22)23-10-5-11-25-12-14-26-15-13-25;/h3-4,6-7,17H,5,8-16H2,1-2H3,(H3,22,23,24);1H. The van der Waals surface area contributed by atoms with Crippen molar-refractivity contribution in [3.63, 3.8) is 0 Å². The molecular formula is C21H35IN4O. The van der Waals surface area contributed by atoms with Crippen molar-refractivity contribution in [2.24, 2.45) is 10.7 Å². The molecule has 1 aliphatic heterocycles. The summed E-state index contributed by atoms with van der Waals surface area (Å²) in [6, 6.07) is 8.83. The molecule has 0 bridgehead atoms. The number of morpholine rings is 1. The van der Waals surface area contributed by atoms with Crippen molar-refractivity contribution >= 4 is 29.9 Å². The first-order valence-corrected chi connectivity index (χ1v) is 9.99. The van der Waals surface area contributed by atoms with Gasteiger partial charge in [-0.1, -0.05) is 38.1 Å². The summed E-state index contributed by atoms with van der Waals surface area (Å²) in [5, 5.41) is 3.27. The lowest BCUT2D eigenvalue weighted by atomic mass is 9.69. The summed E-state index contributed by atoms with van der Waals surface area (Å²) in [5.41, 5.74) is 9.28. The molecule has 1 aromatic carbocycles. The first-order chi connectivity index (χ1) is 12.6. The van der Waals surface area contributed by atoms with Gasteiger partial charge in [0.05, 0.1) is 13.2 Å². The second kappa shape index (κ2) is 10.6. The van der Waals surface area contributed by atoms with Crippen molar-refractivity contribution in [1.29, 1.82) is 0 Å². The maximum Gasteiger partial charge on any atom is 0.188 e. The van der Waals surface area contributed by atoms with Gasteiger partial charge in [-0.3, -0.25) is 9.89 Å². The number of hydrogen-bond donors (Lipinski definition) is 2. The molecule has 5 nitrogen and oxygen atoms in total. The van der Waals surface area contributed by atoms with Crippen LogP contribution in [0.3, 0.4) is 0 Å². The molecule has 0 amide bonds. The minimum Gasteiger partial charge on any atom is -0.379 e. The van der Waals surface area contributed by atoms with E-state index in [0.29, 0.717) is 11.9 Å². The first-order valence-electron chi connectivity index (χ1n) is 9.99. The highest BCUT2D eigenvalue weighted by Crippen LogP contribution is 2.42. The molecule has 1 saturated heterocycles. The molecule has 3 rings (SSSR count). The number of nitrogens with zero attached hydrogens (tertiary/aromatic N) is 2. The molecule has 1 aromatic rings. The number of nitrogens with one attached hydrogen (secondary N) is 1. The molecule has 2 aliphatic rings. The molecule has 6 heteroatoms. The van der Waals surface area contributed by atoms with E-state index in [1.807, 2.05) is 0 Å². The number of benzene rings is 1. The van der Waals surface area contributed by atoms with Crippen molar-refractivity contribution in [3.05, 3.63) is 35.4 Å². The van der Waals surface area contributed by atoms with Crippen molar-refractivity contribution < 1.29 is 4.74 Å². The maximum absolute atomic E-state index is 6.09. The number of halogens is 1. The molecule has 1 unspecified atom stereocenters. The quantitative estimate of drug-likeness (QED) is 0.281. The van der Waals surface area contributed by atoms with Crippen molar-refractivity contribution in [3.8, 4) is 0 Å². The third-order valence-corrected chi connectivity index (χ3v) is 5.79. The average Bonchev–Trinajstić information content (AvgIpc) is 2.66. The molecule has 1 atom stereocenters. The molecule has 27 heavy (non-hydrogen) atoms. The third-order valence-electron chi connectivity index (χ3n) is 5.79. The number of aliphatic imine (C=N–C) groups is 1. The topological polar surface area (TPSA) is 62.9 Å².